The Bertz CT molecular complexity index is 558. The molecule has 24 heavy (non-hydrogen) atoms. The second kappa shape index (κ2) is 8.71. The van der Waals surface area contributed by atoms with Crippen LogP contribution in [0, 0.1) is 6.92 Å². The van der Waals surface area contributed by atoms with Crippen molar-refractivity contribution < 1.29 is 4.79 Å². The van der Waals surface area contributed by atoms with Gasteiger partial charge >= 0.3 is 0 Å². The highest BCUT2D eigenvalue weighted by Gasteiger charge is 2.17. The molecule has 1 unspecified atom stereocenters. The van der Waals surface area contributed by atoms with Gasteiger partial charge in [0.05, 0.1) is 6.54 Å². The van der Waals surface area contributed by atoms with Crippen LogP contribution in [0.25, 0.3) is 0 Å². The van der Waals surface area contributed by atoms with E-state index < -0.39 is 0 Å². The van der Waals surface area contributed by atoms with Crippen LogP contribution >= 0.6 is 0 Å². The van der Waals surface area contributed by atoms with Crippen LogP contribution in [0.2, 0.25) is 0 Å². The van der Waals surface area contributed by atoms with Crippen LogP contribution in [-0.2, 0) is 4.79 Å². The quantitative estimate of drug-likeness (QED) is 0.643. The summed E-state index contributed by atoms with van der Waals surface area (Å²) in [4.78, 5) is 18.2. The number of benzene rings is 1. The van der Waals surface area contributed by atoms with Gasteiger partial charge in [-0.15, -0.1) is 0 Å². The number of likely N-dealkylation sites (N-methyl/N-ethyl adjacent to an activating group) is 1. The lowest BCUT2D eigenvalue weighted by atomic mass is 10.0. The van der Waals surface area contributed by atoms with E-state index in [0.29, 0.717) is 5.92 Å². The van der Waals surface area contributed by atoms with Crippen LogP contribution < -0.4 is 10.6 Å². The van der Waals surface area contributed by atoms with E-state index in [1.54, 1.807) is 7.05 Å². The molecule has 0 fully saturated rings. The fraction of sp³-hybridized carbons (Fsp3) is 0.579. The third-order valence-electron chi connectivity index (χ3n) is 3.68. The van der Waals surface area contributed by atoms with Gasteiger partial charge in [-0.3, -0.25) is 9.79 Å². The molecular weight excluding hydrogens is 300 g/mol. The number of rotatable bonds is 5. The molecule has 1 aromatic rings. The van der Waals surface area contributed by atoms with Crippen LogP contribution in [0.1, 0.15) is 44.7 Å². The van der Waals surface area contributed by atoms with E-state index in [2.05, 4.69) is 53.7 Å². The third kappa shape index (κ3) is 7.02. The number of nitrogens with zero attached hydrogens (tertiary/aromatic N) is 2. The average Bonchev–Trinajstić information content (AvgIpc) is 2.46. The van der Waals surface area contributed by atoms with E-state index in [-0.39, 0.29) is 18.0 Å². The number of hydrogen-bond donors (Lipinski definition) is 2. The smallest absolute Gasteiger partial charge is 0.240 e. The van der Waals surface area contributed by atoms with Gasteiger partial charge in [-0.2, -0.15) is 0 Å². The molecule has 2 N–H and O–H groups in total. The molecule has 5 nitrogen and oxygen atoms in total. The summed E-state index contributed by atoms with van der Waals surface area (Å²) in [6, 6.07) is 8.57. The summed E-state index contributed by atoms with van der Waals surface area (Å²) in [6.45, 7) is 11.2. The number of carbonyl (C=O) groups is 1. The Morgan fingerprint density at radius 3 is 2.33 bits per heavy atom. The monoisotopic (exact) mass is 332 g/mol. The van der Waals surface area contributed by atoms with Gasteiger partial charge in [-0.05, 0) is 39.2 Å². The minimum absolute atomic E-state index is 0.0143. The standard InChI is InChI=1S/C19H32N4O/c1-14-8-10-16(11-9-14)15(2)12-21-18(20-6)23(7)13-17(24)22-19(3,4)5/h8-11,15H,12-13H2,1-7H3,(H,20,21)(H,22,24). The Hall–Kier alpha value is -2.04. The molecule has 134 valence electrons. The minimum atomic E-state index is -0.227. The molecule has 0 aromatic heterocycles. The van der Waals surface area contributed by atoms with E-state index in [4.69, 9.17) is 0 Å². The molecule has 0 saturated carbocycles. The number of guanidine groups is 1. The first-order valence-electron chi connectivity index (χ1n) is 8.41. The Labute approximate surface area is 146 Å². The zero-order valence-electron chi connectivity index (χ0n) is 16.1. The van der Waals surface area contributed by atoms with Crippen molar-refractivity contribution >= 4 is 11.9 Å². The molecule has 0 heterocycles. The van der Waals surface area contributed by atoms with Crippen molar-refractivity contribution in [2.75, 3.05) is 27.2 Å². The lowest BCUT2D eigenvalue weighted by molar-refractivity contribution is -0.122. The van der Waals surface area contributed by atoms with Gasteiger partial charge in [0.2, 0.25) is 5.91 Å². The predicted octanol–water partition coefficient (Wildman–Crippen LogP) is 2.52. The highest BCUT2D eigenvalue weighted by Crippen LogP contribution is 2.14. The minimum Gasteiger partial charge on any atom is -0.356 e. The van der Waals surface area contributed by atoms with Gasteiger partial charge < -0.3 is 15.5 Å². The Balaban J connectivity index is 2.54. The number of aryl methyl sites for hydroxylation is 1. The molecule has 1 rings (SSSR count). The molecule has 5 heteroatoms. The SMILES string of the molecule is CN=C(NCC(C)c1ccc(C)cc1)N(C)CC(=O)NC(C)(C)C. The van der Waals surface area contributed by atoms with Crippen molar-refractivity contribution in [2.45, 2.75) is 46.1 Å². The molecule has 0 spiro atoms. The molecule has 0 radical (unpaired) electrons. The second-order valence-electron chi connectivity index (χ2n) is 7.39. The second-order valence-corrected chi connectivity index (χ2v) is 7.39. The van der Waals surface area contributed by atoms with Crippen LogP contribution in [-0.4, -0.2) is 49.5 Å². The van der Waals surface area contributed by atoms with Gasteiger partial charge in [-0.1, -0.05) is 36.8 Å². The molecule has 0 saturated heterocycles. The van der Waals surface area contributed by atoms with E-state index in [9.17, 15) is 4.79 Å². The number of amides is 1. The number of hydrogen-bond acceptors (Lipinski definition) is 2. The van der Waals surface area contributed by atoms with Crippen molar-refractivity contribution in [3.63, 3.8) is 0 Å². The summed E-state index contributed by atoms with van der Waals surface area (Å²) in [5.41, 5.74) is 2.32. The van der Waals surface area contributed by atoms with E-state index >= 15 is 0 Å². The first-order chi connectivity index (χ1) is 11.1. The molecular formula is C19H32N4O. The van der Waals surface area contributed by atoms with Gasteiger partial charge in [0, 0.05) is 26.2 Å². The largest absolute Gasteiger partial charge is 0.356 e. The molecule has 0 aliphatic carbocycles. The van der Waals surface area contributed by atoms with Crippen molar-refractivity contribution in [1.29, 1.82) is 0 Å². The summed E-state index contributed by atoms with van der Waals surface area (Å²) in [6.07, 6.45) is 0. The molecule has 1 aromatic carbocycles. The van der Waals surface area contributed by atoms with Gasteiger partial charge in [0.25, 0.3) is 0 Å². The van der Waals surface area contributed by atoms with Crippen LogP contribution in [0.15, 0.2) is 29.3 Å². The van der Waals surface area contributed by atoms with Crippen LogP contribution in [0.5, 0.6) is 0 Å². The first kappa shape index (κ1) is 20.0. The van der Waals surface area contributed by atoms with Crippen molar-refractivity contribution in [3.05, 3.63) is 35.4 Å². The van der Waals surface area contributed by atoms with Crippen molar-refractivity contribution in [1.82, 2.24) is 15.5 Å². The maximum absolute atomic E-state index is 12.0. The van der Waals surface area contributed by atoms with Crippen molar-refractivity contribution in [2.24, 2.45) is 4.99 Å². The Kier molecular flexibility index (Phi) is 7.26. The highest BCUT2D eigenvalue weighted by atomic mass is 16.2. The predicted molar refractivity (Wildman–Crippen MR) is 101 cm³/mol. The number of aliphatic imine (C=N–C) groups is 1. The summed E-state index contributed by atoms with van der Waals surface area (Å²) in [5.74, 6) is 1.07. The van der Waals surface area contributed by atoms with Gasteiger partial charge in [0.1, 0.15) is 0 Å². The van der Waals surface area contributed by atoms with E-state index in [1.165, 1.54) is 11.1 Å². The lowest BCUT2D eigenvalue weighted by Gasteiger charge is -2.26. The summed E-state index contributed by atoms with van der Waals surface area (Å²) >= 11 is 0. The van der Waals surface area contributed by atoms with E-state index in [0.717, 1.165) is 12.5 Å². The van der Waals surface area contributed by atoms with Crippen LogP contribution in [0.4, 0.5) is 0 Å². The lowest BCUT2D eigenvalue weighted by Crippen LogP contribution is -2.49. The zero-order valence-corrected chi connectivity index (χ0v) is 16.1. The molecule has 1 amide bonds. The van der Waals surface area contributed by atoms with Gasteiger partial charge in [-0.25, -0.2) is 0 Å². The summed E-state index contributed by atoms with van der Waals surface area (Å²) in [5, 5.41) is 6.31. The normalized spacial score (nSPS) is 13.4. The van der Waals surface area contributed by atoms with Crippen molar-refractivity contribution in [3.8, 4) is 0 Å². The fourth-order valence-corrected chi connectivity index (χ4v) is 2.39. The highest BCUT2D eigenvalue weighted by molar-refractivity contribution is 5.86. The zero-order chi connectivity index (χ0) is 18.3. The maximum Gasteiger partial charge on any atom is 0.240 e. The first-order valence-corrected chi connectivity index (χ1v) is 8.41. The van der Waals surface area contributed by atoms with E-state index in [1.807, 2.05) is 32.7 Å². The Morgan fingerprint density at radius 1 is 1.25 bits per heavy atom. The molecule has 1 atom stereocenters. The Morgan fingerprint density at radius 2 is 1.83 bits per heavy atom. The fourth-order valence-electron chi connectivity index (χ4n) is 2.39. The average molecular weight is 332 g/mol. The van der Waals surface area contributed by atoms with Gasteiger partial charge in [0.15, 0.2) is 5.96 Å². The third-order valence-corrected chi connectivity index (χ3v) is 3.68. The molecule has 0 aliphatic rings. The van der Waals surface area contributed by atoms with Crippen LogP contribution in [0.3, 0.4) is 0 Å². The topological polar surface area (TPSA) is 56.7 Å². The summed E-state index contributed by atoms with van der Waals surface area (Å²) in [7, 11) is 3.60. The summed E-state index contributed by atoms with van der Waals surface area (Å²) < 4.78 is 0. The molecule has 0 bridgehead atoms. The number of nitrogens with one attached hydrogen (secondary N) is 2. The maximum atomic E-state index is 12.0. The number of carbonyl (C=O) groups excluding carboxylic acids is 1. The molecule has 0 aliphatic heterocycles.